The minimum atomic E-state index is 0.0654. The van der Waals surface area contributed by atoms with E-state index >= 15 is 0 Å². The molecular formula is C20H25N3O2. The van der Waals surface area contributed by atoms with Gasteiger partial charge in [0.1, 0.15) is 11.6 Å². The predicted molar refractivity (Wildman–Crippen MR) is 99.1 cm³/mol. The van der Waals surface area contributed by atoms with E-state index < -0.39 is 0 Å². The summed E-state index contributed by atoms with van der Waals surface area (Å²) in [6.07, 6.45) is 1.80. The van der Waals surface area contributed by atoms with Crippen LogP contribution in [0.3, 0.4) is 0 Å². The van der Waals surface area contributed by atoms with E-state index in [9.17, 15) is 4.79 Å². The molecule has 2 heterocycles. The summed E-state index contributed by atoms with van der Waals surface area (Å²) in [5.74, 6) is 2.25. The number of hydrogen-bond donors (Lipinski definition) is 0. The molecule has 1 saturated heterocycles. The highest BCUT2D eigenvalue weighted by Gasteiger charge is 2.23. The van der Waals surface area contributed by atoms with Gasteiger partial charge in [-0.3, -0.25) is 4.79 Å². The number of aromatic nitrogens is 1. The van der Waals surface area contributed by atoms with E-state index in [1.54, 1.807) is 6.20 Å². The highest BCUT2D eigenvalue weighted by Crippen LogP contribution is 2.18. The van der Waals surface area contributed by atoms with Gasteiger partial charge in [0.2, 0.25) is 0 Å². The van der Waals surface area contributed by atoms with Gasteiger partial charge in [-0.15, -0.1) is 0 Å². The van der Waals surface area contributed by atoms with Crippen LogP contribution in [0.2, 0.25) is 0 Å². The third-order valence-corrected chi connectivity index (χ3v) is 4.20. The van der Waals surface area contributed by atoms with Crippen molar-refractivity contribution >= 4 is 11.7 Å². The number of carbonyl (C=O) groups excluding carboxylic acids is 1. The Hall–Kier alpha value is -2.56. The summed E-state index contributed by atoms with van der Waals surface area (Å²) < 4.78 is 5.73. The van der Waals surface area contributed by atoms with Gasteiger partial charge in [0.05, 0.1) is 6.61 Å². The molecule has 2 aromatic rings. The number of nitrogens with zero attached hydrogens (tertiary/aromatic N) is 3. The third kappa shape index (κ3) is 4.50. The zero-order valence-electron chi connectivity index (χ0n) is 14.9. The zero-order chi connectivity index (χ0) is 17.6. The lowest BCUT2D eigenvalue weighted by Gasteiger charge is -2.35. The SMILES string of the molecule is CC(C)COc1cccc(C(=O)N2CCN(c3ccccn3)CC2)c1. The molecule has 0 aliphatic carbocycles. The lowest BCUT2D eigenvalue weighted by Crippen LogP contribution is -2.49. The van der Waals surface area contributed by atoms with E-state index in [4.69, 9.17) is 4.74 Å². The van der Waals surface area contributed by atoms with Crippen molar-refractivity contribution in [3.05, 3.63) is 54.2 Å². The summed E-state index contributed by atoms with van der Waals surface area (Å²) in [7, 11) is 0. The molecule has 1 aliphatic heterocycles. The van der Waals surface area contributed by atoms with Crippen LogP contribution in [-0.2, 0) is 0 Å². The summed E-state index contributed by atoms with van der Waals surface area (Å²) in [6, 6.07) is 13.4. The number of rotatable bonds is 5. The fourth-order valence-corrected chi connectivity index (χ4v) is 2.84. The fraction of sp³-hybridized carbons (Fsp3) is 0.400. The maximum atomic E-state index is 12.8. The van der Waals surface area contributed by atoms with Gasteiger partial charge in [0, 0.05) is 37.9 Å². The van der Waals surface area contributed by atoms with E-state index in [-0.39, 0.29) is 5.91 Å². The number of piperazine rings is 1. The molecule has 3 rings (SSSR count). The van der Waals surface area contributed by atoms with Gasteiger partial charge in [0.25, 0.3) is 5.91 Å². The molecule has 0 bridgehead atoms. The van der Waals surface area contributed by atoms with Crippen molar-refractivity contribution in [2.75, 3.05) is 37.7 Å². The minimum Gasteiger partial charge on any atom is -0.493 e. The van der Waals surface area contributed by atoms with E-state index in [2.05, 4.69) is 23.7 Å². The number of ether oxygens (including phenoxy) is 1. The quantitative estimate of drug-likeness (QED) is 0.840. The highest BCUT2D eigenvalue weighted by molar-refractivity contribution is 5.94. The molecular weight excluding hydrogens is 314 g/mol. The molecule has 1 aromatic heterocycles. The van der Waals surface area contributed by atoms with Crippen LogP contribution in [0.5, 0.6) is 5.75 Å². The maximum absolute atomic E-state index is 12.8. The average Bonchev–Trinajstić information content (AvgIpc) is 2.67. The van der Waals surface area contributed by atoms with Gasteiger partial charge in [-0.05, 0) is 36.2 Å². The Balaban J connectivity index is 1.60. The van der Waals surface area contributed by atoms with Crippen molar-refractivity contribution in [2.45, 2.75) is 13.8 Å². The Bertz CT molecular complexity index is 695. The van der Waals surface area contributed by atoms with E-state index in [1.807, 2.05) is 47.4 Å². The Morgan fingerprint density at radius 1 is 1.12 bits per heavy atom. The summed E-state index contributed by atoms with van der Waals surface area (Å²) in [6.45, 7) is 7.87. The van der Waals surface area contributed by atoms with E-state index in [1.165, 1.54) is 0 Å². The molecule has 1 amide bonds. The normalized spacial score (nSPS) is 14.7. The van der Waals surface area contributed by atoms with Crippen LogP contribution in [-0.4, -0.2) is 48.6 Å². The summed E-state index contributed by atoms with van der Waals surface area (Å²) in [5.41, 5.74) is 0.688. The third-order valence-electron chi connectivity index (χ3n) is 4.20. The van der Waals surface area contributed by atoms with Crippen LogP contribution in [0.4, 0.5) is 5.82 Å². The van der Waals surface area contributed by atoms with E-state index in [0.717, 1.165) is 24.7 Å². The first-order valence-corrected chi connectivity index (χ1v) is 8.81. The second-order valence-corrected chi connectivity index (χ2v) is 6.70. The molecule has 1 fully saturated rings. The Kier molecular flexibility index (Phi) is 5.53. The summed E-state index contributed by atoms with van der Waals surface area (Å²) >= 11 is 0. The number of amides is 1. The van der Waals surface area contributed by atoms with Crippen LogP contribution in [0.25, 0.3) is 0 Å². The molecule has 0 N–H and O–H groups in total. The topological polar surface area (TPSA) is 45.7 Å². The largest absolute Gasteiger partial charge is 0.493 e. The molecule has 0 saturated carbocycles. The number of anilines is 1. The minimum absolute atomic E-state index is 0.0654. The molecule has 0 spiro atoms. The first-order valence-electron chi connectivity index (χ1n) is 8.81. The van der Waals surface area contributed by atoms with Crippen molar-refractivity contribution in [3.8, 4) is 5.75 Å². The van der Waals surface area contributed by atoms with Gasteiger partial charge < -0.3 is 14.5 Å². The molecule has 25 heavy (non-hydrogen) atoms. The van der Waals surface area contributed by atoms with Gasteiger partial charge in [0.15, 0.2) is 0 Å². The molecule has 1 aromatic carbocycles. The van der Waals surface area contributed by atoms with Crippen molar-refractivity contribution in [3.63, 3.8) is 0 Å². The van der Waals surface area contributed by atoms with E-state index in [0.29, 0.717) is 31.2 Å². The van der Waals surface area contributed by atoms with Crippen molar-refractivity contribution < 1.29 is 9.53 Å². The summed E-state index contributed by atoms with van der Waals surface area (Å²) in [4.78, 5) is 21.3. The van der Waals surface area contributed by atoms with Crippen LogP contribution in [0.1, 0.15) is 24.2 Å². The van der Waals surface area contributed by atoms with Gasteiger partial charge >= 0.3 is 0 Å². The lowest BCUT2D eigenvalue weighted by atomic mass is 10.1. The molecule has 5 nitrogen and oxygen atoms in total. The van der Waals surface area contributed by atoms with Gasteiger partial charge in [-0.2, -0.15) is 0 Å². The predicted octanol–water partition coefficient (Wildman–Crippen LogP) is 3.08. The maximum Gasteiger partial charge on any atom is 0.254 e. The number of hydrogen-bond acceptors (Lipinski definition) is 4. The standard InChI is InChI=1S/C20H25N3O2/c1-16(2)15-25-18-7-5-6-17(14-18)20(24)23-12-10-22(11-13-23)19-8-3-4-9-21-19/h3-9,14,16H,10-13,15H2,1-2H3. The van der Waals surface area contributed by atoms with Crippen molar-refractivity contribution in [2.24, 2.45) is 5.92 Å². The van der Waals surface area contributed by atoms with Crippen LogP contribution in [0.15, 0.2) is 48.7 Å². The molecule has 5 heteroatoms. The molecule has 0 radical (unpaired) electrons. The second kappa shape index (κ2) is 8.01. The number of benzene rings is 1. The first kappa shape index (κ1) is 17.3. The van der Waals surface area contributed by atoms with Crippen LogP contribution in [0, 0.1) is 5.92 Å². The molecule has 0 atom stereocenters. The molecule has 132 valence electrons. The fourth-order valence-electron chi connectivity index (χ4n) is 2.84. The summed E-state index contributed by atoms with van der Waals surface area (Å²) in [5, 5.41) is 0. The highest BCUT2D eigenvalue weighted by atomic mass is 16.5. The monoisotopic (exact) mass is 339 g/mol. The van der Waals surface area contributed by atoms with Gasteiger partial charge in [-0.25, -0.2) is 4.98 Å². The van der Waals surface area contributed by atoms with Crippen molar-refractivity contribution in [1.29, 1.82) is 0 Å². The van der Waals surface area contributed by atoms with Gasteiger partial charge in [-0.1, -0.05) is 26.0 Å². The number of carbonyl (C=O) groups is 1. The lowest BCUT2D eigenvalue weighted by molar-refractivity contribution is 0.0746. The average molecular weight is 339 g/mol. The van der Waals surface area contributed by atoms with Crippen LogP contribution < -0.4 is 9.64 Å². The van der Waals surface area contributed by atoms with Crippen molar-refractivity contribution in [1.82, 2.24) is 9.88 Å². The Morgan fingerprint density at radius 3 is 2.60 bits per heavy atom. The Labute approximate surface area is 149 Å². The molecule has 1 aliphatic rings. The second-order valence-electron chi connectivity index (χ2n) is 6.70. The first-order chi connectivity index (χ1) is 12.1. The number of pyridine rings is 1. The smallest absolute Gasteiger partial charge is 0.254 e. The Morgan fingerprint density at radius 2 is 1.92 bits per heavy atom. The van der Waals surface area contributed by atoms with Crippen LogP contribution >= 0.6 is 0 Å². The molecule has 0 unspecified atom stereocenters. The zero-order valence-corrected chi connectivity index (χ0v) is 14.9.